The van der Waals surface area contributed by atoms with Gasteiger partial charge in [0.05, 0.1) is 4.92 Å². The maximum absolute atomic E-state index is 13.3. The van der Waals surface area contributed by atoms with Crippen molar-refractivity contribution in [1.29, 1.82) is 0 Å². The van der Waals surface area contributed by atoms with Crippen LogP contribution >= 0.6 is 11.6 Å². The van der Waals surface area contributed by atoms with E-state index >= 15 is 0 Å². The molecule has 20 heavy (non-hydrogen) atoms. The number of hydrogen-bond acceptors (Lipinski definition) is 3. The first-order valence-electron chi connectivity index (χ1n) is 5.48. The van der Waals surface area contributed by atoms with Crippen molar-refractivity contribution in [2.45, 2.75) is 6.61 Å². The van der Waals surface area contributed by atoms with E-state index in [0.29, 0.717) is 5.56 Å². The highest BCUT2D eigenvalue weighted by Crippen LogP contribution is 2.25. The number of hydrogen-bond donors (Lipinski definition) is 0. The van der Waals surface area contributed by atoms with Crippen molar-refractivity contribution in [3.05, 3.63) is 68.7 Å². The van der Waals surface area contributed by atoms with Gasteiger partial charge < -0.3 is 4.74 Å². The molecule has 7 heteroatoms. The van der Waals surface area contributed by atoms with Gasteiger partial charge in [-0.05, 0) is 18.2 Å². The number of ether oxygens (including phenoxy) is 1. The molecular weight excluding hydrogens is 292 g/mol. The van der Waals surface area contributed by atoms with Crippen LogP contribution in [-0.2, 0) is 6.61 Å². The third-order valence-corrected chi connectivity index (χ3v) is 2.89. The summed E-state index contributed by atoms with van der Waals surface area (Å²) in [7, 11) is 0. The van der Waals surface area contributed by atoms with Gasteiger partial charge in [0.1, 0.15) is 12.4 Å². The second-order valence-electron chi connectivity index (χ2n) is 3.90. The van der Waals surface area contributed by atoms with E-state index in [1.54, 1.807) is 0 Å². The number of halogens is 3. The normalized spacial score (nSPS) is 10.3. The summed E-state index contributed by atoms with van der Waals surface area (Å²) >= 11 is 5.87. The van der Waals surface area contributed by atoms with E-state index in [1.807, 2.05) is 0 Å². The lowest BCUT2D eigenvalue weighted by Gasteiger charge is -2.08. The summed E-state index contributed by atoms with van der Waals surface area (Å²) in [6, 6.07) is 6.59. The Morgan fingerprint density at radius 2 is 1.95 bits per heavy atom. The number of nitrogens with zero attached hydrogens (tertiary/aromatic N) is 1. The molecular formula is C13H8ClF2NO3. The first-order valence-corrected chi connectivity index (χ1v) is 5.86. The van der Waals surface area contributed by atoms with Crippen LogP contribution in [0.15, 0.2) is 36.4 Å². The molecule has 0 bridgehead atoms. The van der Waals surface area contributed by atoms with Gasteiger partial charge in [0, 0.05) is 28.8 Å². The Morgan fingerprint density at radius 1 is 1.20 bits per heavy atom. The molecule has 0 amide bonds. The van der Waals surface area contributed by atoms with Crippen LogP contribution in [-0.4, -0.2) is 4.92 Å². The average molecular weight is 300 g/mol. The van der Waals surface area contributed by atoms with Crippen molar-refractivity contribution in [2.24, 2.45) is 0 Å². The van der Waals surface area contributed by atoms with Crippen LogP contribution < -0.4 is 4.74 Å². The van der Waals surface area contributed by atoms with Crippen molar-refractivity contribution >= 4 is 17.3 Å². The molecule has 4 nitrogen and oxygen atoms in total. The molecule has 0 N–H and O–H groups in total. The van der Waals surface area contributed by atoms with Crippen LogP contribution in [0.4, 0.5) is 14.5 Å². The van der Waals surface area contributed by atoms with Crippen molar-refractivity contribution < 1.29 is 18.4 Å². The molecule has 0 saturated heterocycles. The van der Waals surface area contributed by atoms with Crippen LogP contribution in [0.1, 0.15) is 5.56 Å². The molecule has 2 aromatic carbocycles. The third kappa shape index (κ3) is 3.21. The molecule has 2 aromatic rings. The minimum atomic E-state index is -0.729. The summed E-state index contributed by atoms with van der Waals surface area (Å²) in [5.74, 6) is -1.66. The molecule has 0 saturated carbocycles. The summed E-state index contributed by atoms with van der Waals surface area (Å²) in [4.78, 5) is 10.1. The van der Waals surface area contributed by atoms with Crippen molar-refractivity contribution in [3.8, 4) is 5.75 Å². The molecule has 0 heterocycles. The van der Waals surface area contributed by atoms with Crippen LogP contribution in [0.5, 0.6) is 5.75 Å². The molecule has 2 rings (SSSR count). The van der Waals surface area contributed by atoms with Crippen LogP contribution in [0, 0.1) is 21.7 Å². The molecule has 0 fully saturated rings. The minimum Gasteiger partial charge on any atom is -0.486 e. The van der Waals surface area contributed by atoms with Crippen LogP contribution in [0.25, 0.3) is 0 Å². The zero-order valence-corrected chi connectivity index (χ0v) is 10.7. The summed E-state index contributed by atoms with van der Waals surface area (Å²) in [6.45, 7) is -0.207. The van der Waals surface area contributed by atoms with Crippen molar-refractivity contribution in [3.63, 3.8) is 0 Å². The predicted octanol–water partition coefficient (Wildman–Crippen LogP) is 4.11. The molecule has 0 aliphatic rings. The fourth-order valence-corrected chi connectivity index (χ4v) is 1.70. The van der Waals surface area contributed by atoms with Gasteiger partial charge in [-0.2, -0.15) is 0 Å². The van der Waals surface area contributed by atoms with Gasteiger partial charge in [-0.3, -0.25) is 10.1 Å². The van der Waals surface area contributed by atoms with Crippen LogP contribution in [0.3, 0.4) is 0 Å². The van der Waals surface area contributed by atoms with Crippen molar-refractivity contribution in [1.82, 2.24) is 0 Å². The van der Waals surface area contributed by atoms with Crippen molar-refractivity contribution in [2.75, 3.05) is 0 Å². The highest BCUT2D eigenvalue weighted by atomic mass is 35.5. The summed E-state index contributed by atoms with van der Waals surface area (Å²) in [5.41, 5.74) is 0.150. The van der Waals surface area contributed by atoms with E-state index in [0.717, 1.165) is 18.2 Å². The monoisotopic (exact) mass is 299 g/mol. The Bertz CT molecular complexity index is 664. The smallest absolute Gasteiger partial charge is 0.269 e. The maximum atomic E-state index is 13.3. The molecule has 0 radical (unpaired) electrons. The van der Waals surface area contributed by atoms with Gasteiger partial charge >= 0.3 is 0 Å². The van der Waals surface area contributed by atoms with Gasteiger partial charge in [0.25, 0.3) is 5.69 Å². The van der Waals surface area contributed by atoms with Gasteiger partial charge in [-0.15, -0.1) is 0 Å². The van der Waals surface area contributed by atoms with Gasteiger partial charge in [-0.1, -0.05) is 11.6 Å². The van der Waals surface area contributed by atoms with E-state index in [4.69, 9.17) is 16.3 Å². The number of non-ortho nitro benzene ring substituents is 1. The Kier molecular flexibility index (Phi) is 4.14. The van der Waals surface area contributed by atoms with Gasteiger partial charge in [0.2, 0.25) is 0 Å². The largest absolute Gasteiger partial charge is 0.486 e. The molecule has 0 aromatic heterocycles. The van der Waals surface area contributed by atoms with E-state index in [-0.39, 0.29) is 23.1 Å². The lowest BCUT2D eigenvalue weighted by molar-refractivity contribution is -0.384. The highest BCUT2D eigenvalue weighted by molar-refractivity contribution is 6.31. The Labute approximate surface area is 117 Å². The lowest BCUT2D eigenvalue weighted by Crippen LogP contribution is -2.00. The Balaban J connectivity index is 2.20. The number of nitro benzene ring substituents is 1. The number of rotatable bonds is 4. The van der Waals surface area contributed by atoms with Gasteiger partial charge in [-0.25, -0.2) is 8.78 Å². The molecule has 104 valence electrons. The van der Waals surface area contributed by atoms with E-state index in [2.05, 4.69) is 0 Å². The lowest BCUT2D eigenvalue weighted by atomic mass is 10.2. The second kappa shape index (κ2) is 5.83. The maximum Gasteiger partial charge on any atom is 0.269 e. The van der Waals surface area contributed by atoms with E-state index in [1.165, 1.54) is 18.2 Å². The minimum absolute atomic E-state index is 0.160. The van der Waals surface area contributed by atoms with E-state index in [9.17, 15) is 18.9 Å². The predicted molar refractivity (Wildman–Crippen MR) is 68.8 cm³/mol. The average Bonchev–Trinajstić information content (AvgIpc) is 2.41. The third-order valence-electron chi connectivity index (χ3n) is 2.52. The summed E-state index contributed by atoms with van der Waals surface area (Å²) in [6.07, 6.45) is 0. The standard InChI is InChI=1S/C13H8ClF2NO3/c14-11-3-2-10(17(18)19)5-8(11)7-20-13-6-9(15)1-4-12(13)16/h1-6H,7H2. The summed E-state index contributed by atoms with van der Waals surface area (Å²) < 4.78 is 31.4. The number of nitro groups is 1. The quantitative estimate of drug-likeness (QED) is 0.630. The topological polar surface area (TPSA) is 52.4 Å². The highest BCUT2D eigenvalue weighted by Gasteiger charge is 2.11. The Hall–Kier alpha value is -2.21. The van der Waals surface area contributed by atoms with E-state index < -0.39 is 16.6 Å². The first-order chi connectivity index (χ1) is 9.47. The summed E-state index contributed by atoms with van der Waals surface area (Å²) in [5, 5.41) is 10.9. The zero-order valence-electron chi connectivity index (χ0n) is 9.98. The number of benzene rings is 2. The fraction of sp³-hybridized carbons (Fsp3) is 0.0769. The first kappa shape index (κ1) is 14.2. The Morgan fingerprint density at radius 3 is 2.65 bits per heavy atom. The molecule has 0 atom stereocenters. The second-order valence-corrected chi connectivity index (χ2v) is 4.30. The zero-order chi connectivity index (χ0) is 14.7. The van der Waals surface area contributed by atoms with Gasteiger partial charge in [0.15, 0.2) is 11.6 Å². The molecule has 0 spiro atoms. The van der Waals surface area contributed by atoms with Crippen LogP contribution in [0.2, 0.25) is 5.02 Å². The molecule has 0 unspecified atom stereocenters. The molecule has 0 aliphatic carbocycles. The fourth-order valence-electron chi connectivity index (χ4n) is 1.53. The molecule has 0 aliphatic heterocycles. The SMILES string of the molecule is O=[N+]([O-])c1ccc(Cl)c(COc2cc(F)ccc2F)c1.